The van der Waals surface area contributed by atoms with Crippen LogP contribution in [-0.2, 0) is 34.0 Å². The van der Waals surface area contributed by atoms with E-state index in [1.165, 1.54) is 91.2 Å². The molecule has 6 aliphatic rings. The van der Waals surface area contributed by atoms with Crippen LogP contribution in [0.5, 0.6) is 0 Å². The van der Waals surface area contributed by atoms with Crippen molar-refractivity contribution >= 4 is 0 Å². The molecule has 0 N–H and O–H groups in total. The van der Waals surface area contributed by atoms with E-state index in [9.17, 15) is 0 Å². The minimum absolute atomic E-state index is 0.274. The van der Waals surface area contributed by atoms with Crippen molar-refractivity contribution in [1.29, 1.82) is 0 Å². The van der Waals surface area contributed by atoms with Crippen molar-refractivity contribution in [2.24, 2.45) is 50.2 Å². The number of hydrogen-bond donors (Lipinski definition) is 0. The van der Waals surface area contributed by atoms with Crippen molar-refractivity contribution in [3.63, 3.8) is 0 Å². The average Bonchev–Trinajstić information content (AvgIpc) is 3.62. The Labute approximate surface area is 276 Å². The first-order valence-electron chi connectivity index (χ1n) is 18.9. The van der Waals surface area contributed by atoms with Crippen molar-refractivity contribution < 1.29 is 14.2 Å². The number of fused-ring (bicyclic) bond motifs is 6. The summed E-state index contributed by atoms with van der Waals surface area (Å²) in [7, 11) is 0. The molecule has 0 amide bonds. The van der Waals surface area contributed by atoms with Gasteiger partial charge in [0.1, 0.15) is 0 Å². The molecular weight excluding hydrogens is 552 g/mol. The highest BCUT2D eigenvalue weighted by molar-refractivity contribution is 5.50. The topological polar surface area (TPSA) is 27.7 Å². The Balaban J connectivity index is 1.17. The zero-order valence-electron chi connectivity index (χ0n) is 31.2. The highest BCUT2D eigenvalue weighted by atomic mass is 16.5. The maximum absolute atomic E-state index is 7.01. The highest BCUT2D eigenvalue weighted by Crippen LogP contribution is 2.68. The quantitative estimate of drug-likeness (QED) is 0.276. The van der Waals surface area contributed by atoms with Crippen molar-refractivity contribution in [1.82, 2.24) is 0 Å². The van der Waals surface area contributed by atoms with Crippen LogP contribution in [0.2, 0.25) is 0 Å². The SMILES string of the molecule is Cc1c(CO[C@@H]2C[C@@H]3CC[C@@]2(C)C3(C)C)c(C)c(CO[C@@H]2C[C@@H]3CC[C@@]2(C)C3(C)C)c(C)c1CO[C@@H]1C[C@@H]2CC[C@@]1(C)C2(C)C. The van der Waals surface area contributed by atoms with E-state index in [0.29, 0.717) is 54.4 Å². The van der Waals surface area contributed by atoms with Gasteiger partial charge in [0, 0.05) is 0 Å². The summed E-state index contributed by atoms with van der Waals surface area (Å²) in [5.41, 5.74) is 10.3. The second-order valence-electron chi connectivity index (χ2n) is 19.5. The Morgan fingerprint density at radius 2 is 0.689 bits per heavy atom. The van der Waals surface area contributed by atoms with Gasteiger partial charge in [0.2, 0.25) is 0 Å². The van der Waals surface area contributed by atoms with E-state index in [-0.39, 0.29) is 16.2 Å². The zero-order chi connectivity index (χ0) is 32.5. The summed E-state index contributed by atoms with van der Waals surface area (Å²) in [5, 5.41) is 0. The lowest BCUT2D eigenvalue weighted by Gasteiger charge is -2.40. The molecule has 0 radical (unpaired) electrons. The van der Waals surface area contributed by atoms with E-state index in [2.05, 4.69) is 83.1 Å². The molecule has 6 aliphatic carbocycles. The molecule has 6 saturated carbocycles. The third-order valence-corrected chi connectivity index (χ3v) is 18.1. The summed E-state index contributed by atoms with van der Waals surface area (Å²) in [6.07, 6.45) is 12.7. The second-order valence-corrected chi connectivity index (χ2v) is 19.5. The smallest absolute Gasteiger partial charge is 0.0726 e. The molecule has 0 unspecified atom stereocenters. The summed E-state index contributed by atoms with van der Waals surface area (Å²) < 4.78 is 21.0. The number of benzene rings is 1. The van der Waals surface area contributed by atoms with E-state index in [0.717, 1.165) is 17.8 Å². The van der Waals surface area contributed by atoms with Crippen LogP contribution in [0.3, 0.4) is 0 Å². The van der Waals surface area contributed by atoms with Crippen LogP contribution in [0.25, 0.3) is 0 Å². The van der Waals surface area contributed by atoms with Gasteiger partial charge in [0.05, 0.1) is 38.1 Å². The predicted molar refractivity (Wildman–Crippen MR) is 184 cm³/mol. The lowest BCUT2D eigenvalue weighted by molar-refractivity contribution is -0.0588. The van der Waals surface area contributed by atoms with Crippen LogP contribution in [0.4, 0.5) is 0 Å². The molecule has 0 spiro atoms. The van der Waals surface area contributed by atoms with Crippen molar-refractivity contribution in [3.8, 4) is 0 Å². The van der Waals surface area contributed by atoms with Crippen LogP contribution >= 0.6 is 0 Å². The molecule has 6 bridgehead atoms. The predicted octanol–water partition coefficient (Wildman–Crippen LogP) is 10.8. The van der Waals surface area contributed by atoms with Gasteiger partial charge in [-0.25, -0.2) is 0 Å². The molecular formula is C42H66O3. The summed E-state index contributed by atoms with van der Waals surface area (Å²) in [5.74, 6) is 2.38. The molecule has 0 saturated heterocycles. The van der Waals surface area contributed by atoms with Gasteiger partial charge >= 0.3 is 0 Å². The summed E-state index contributed by atoms with van der Waals surface area (Å²) in [6, 6.07) is 0. The highest BCUT2D eigenvalue weighted by Gasteiger charge is 2.64. The molecule has 3 nitrogen and oxygen atoms in total. The van der Waals surface area contributed by atoms with Gasteiger partial charge in [-0.2, -0.15) is 0 Å². The third-order valence-electron chi connectivity index (χ3n) is 18.1. The molecule has 0 aliphatic heterocycles. The first kappa shape index (κ1) is 32.6. The van der Waals surface area contributed by atoms with Crippen LogP contribution in [0.1, 0.15) is 153 Å². The zero-order valence-corrected chi connectivity index (χ0v) is 31.2. The van der Waals surface area contributed by atoms with Gasteiger partial charge in [-0.3, -0.25) is 0 Å². The Morgan fingerprint density at radius 1 is 0.444 bits per heavy atom. The lowest BCUT2D eigenvalue weighted by atomic mass is 9.70. The van der Waals surface area contributed by atoms with Gasteiger partial charge in [0.15, 0.2) is 0 Å². The molecule has 252 valence electrons. The van der Waals surface area contributed by atoms with Gasteiger partial charge in [0.25, 0.3) is 0 Å². The van der Waals surface area contributed by atoms with Crippen molar-refractivity contribution in [2.75, 3.05) is 0 Å². The maximum Gasteiger partial charge on any atom is 0.0726 e. The van der Waals surface area contributed by atoms with Crippen molar-refractivity contribution in [3.05, 3.63) is 33.4 Å². The Morgan fingerprint density at radius 3 is 0.867 bits per heavy atom. The molecule has 45 heavy (non-hydrogen) atoms. The summed E-state index contributed by atoms with van der Waals surface area (Å²) >= 11 is 0. The molecule has 6 fully saturated rings. The van der Waals surface area contributed by atoms with Gasteiger partial charge in [-0.15, -0.1) is 0 Å². The Hall–Kier alpha value is -0.900. The average molecular weight is 619 g/mol. The fourth-order valence-electron chi connectivity index (χ4n) is 12.7. The molecule has 9 atom stereocenters. The number of ether oxygens (including phenoxy) is 3. The van der Waals surface area contributed by atoms with E-state index in [1.807, 2.05) is 0 Å². The fraction of sp³-hybridized carbons (Fsp3) is 0.857. The Bertz CT molecular complexity index is 1170. The number of rotatable bonds is 9. The summed E-state index contributed by atoms with van der Waals surface area (Å²) in [6.45, 7) is 31.6. The molecule has 7 rings (SSSR count). The minimum atomic E-state index is 0.274. The lowest BCUT2D eigenvalue weighted by Crippen LogP contribution is -2.37. The minimum Gasteiger partial charge on any atom is -0.373 e. The van der Waals surface area contributed by atoms with Crippen LogP contribution in [0, 0.1) is 71.0 Å². The maximum atomic E-state index is 7.01. The molecule has 1 aromatic rings. The Kier molecular flexibility index (Phi) is 7.47. The molecule has 0 heterocycles. The summed E-state index contributed by atoms with van der Waals surface area (Å²) in [4.78, 5) is 0. The van der Waals surface area contributed by atoms with Crippen LogP contribution in [0.15, 0.2) is 0 Å². The first-order valence-corrected chi connectivity index (χ1v) is 18.9. The first-order chi connectivity index (χ1) is 20.9. The van der Waals surface area contributed by atoms with Crippen LogP contribution in [-0.4, -0.2) is 18.3 Å². The fourth-order valence-corrected chi connectivity index (χ4v) is 12.7. The monoisotopic (exact) mass is 619 g/mol. The third kappa shape index (κ3) is 4.24. The van der Waals surface area contributed by atoms with Gasteiger partial charge in [-0.1, -0.05) is 62.3 Å². The standard InChI is InChI=1S/C42H66O3/c1-25-31(22-43-34-19-28-13-16-40(34,10)37(28,4)5)26(2)33(24-45-36-21-30-15-18-42(36,12)39(30,8)9)27(3)32(25)23-44-35-20-29-14-17-41(35,11)38(29,6)7/h28-30,34-36H,13-24H2,1-12H3/t28-,29-,30-,34+,35+,36+,40+,41+,42+/m0/s1. The largest absolute Gasteiger partial charge is 0.373 e. The molecule has 1 aromatic carbocycles. The molecule has 3 heteroatoms. The van der Waals surface area contributed by atoms with Crippen molar-refractivity contribution in [2.45, 2.75) is 179 Å². The van der Waals surface area contributed by atoms with Gasteiger partial charge in [-0.05, 0) is 162 Å². The van der Waals surface area contributed by atoms with E-state index < -0.39 is 0 Å². The van der Waals surface area contributed by atoms with E-state index >= 15 is 0 Å². The van der Waals surface area contributed by atoms with Gasteiger partial charge < -0.3 is 14.2 Å². The van der Waals surface area contributed by atoms with Crippen LogP contribution < -0.4 is 0 Å². The second kappa shape index (κ2) is 10.3. The number of hydrogen-bond acceptors (Lipinski definition) is 3. The van der Waals surface area contributed by atoms with E-state index in [1.54, 1.807) is 0 Å². The molecule has 0 aromatic heterocycles. The normalized spacial score (nSPS) is 43.2. The van der Waals surface area contributed by atoms with E-state index in [4.69, 9.17) is 14.2 Å².